The lowest BCUT2D eigenvalue weighted by atomic mass is 9.98. The third-order valence-corrected chi connectivity index (χ3v) is 4.67. The Bertz CT molecular complexity index is 887. The summed E-state index contributed by atoms with van der Waals surface area (Å²) in [6.45, 7) is 7.97. The van der Waals surface area contributed by atoms with Gasteiger partial charge in [0, 0.05) is 12.1 Å². The highest BCUT2D eigenvalue weighted by Crippen LogP contribution is 2.28. The van der Waals surface area contributed by atoms with Gasteiger partial charge in [0.1, 0.15) is 24.7 Å². The fourth-order valence-corrected chi connectivity index (χ4v) is 3.36. The smallest absolute Gasteiger partial charge is 0.124 e. The Morgan fingerprint density at radius 2 is 1.69 bits per heavy atom. The van der Waals surface area contributed by atoms with Crippen molar-refractivity contribution in [3.05, 3.63) is 71.3 Å². The van der Waals surface area contributed by atoms with Crippen LogP contribution in [0.3, 0.4) is 0 Å². The molecule has 0 aromatic heterocycles. The predicted molar refractivity (Wildman–Crippen MR) is 108 cm³/mol. The van der Waals surface area contributed by atoms with Crippen LogP contribution in [0.5, 0.6) is 11.5 Å². The van der Waals surface area contributed by atoms with Crippen molar-refractivity contribution in [2.75, 3.05) is 13.2 Å². The van der Waals surface area contributed by atoms with Crippen molar-refractivity contribution in [3.8, 4) is 11.5 Å². The van der Waals surface area contributed by atoms with Crippen molar-refractivity contribution >= 4 is 10.8 Å². The number of benzene rings is 3. The number of hydrogen-bond donors (Lipinski definition) is 1. The quantitative estimate of drug-likeness (QED) is 0.597. The maximum Gasteiger partial charge on any atom is 0.124 e. The van der Waals surface area contributed by atoms with Crippen LogP contribution >= 0.6 is 0 Å². The molecule has 0 fully saturated rings. The molecule has 2 N–H and O–H groups in total. The first-order valence-corrected chi connectivity index (χ1v) is 9.17. The molecule has 0 spiro atoms. The zero-order valence-electron chi connectivity index (χ0n) is 15.8. The molecule has 3 aromatic carbocycles. The van der Waals surface area contributed by atoms with Gasteiger partial charge in [-0.05, 0) is 52.9 Å². The first-order valence-electron chi connectivity index (χ1n) is 9.17. The average molecular weight is 349 g/mol. The van der Waals surface area contributed by atoms with Gasteiger partial charge in [-0.15, -0.1) is 0 Å². The summed E-state index contributed by atoms with van der Waals surface area (Å²) in [5.74, 6) is 2.24. The number of aryl methyl sites for hydroxylation is 1. The van der Waals surface area contributed by atoms with Crippen LogP contribution in [0.4, 0.5) is 0 Å². The van der Waals surface area contributed by atoms with Crippen LogP contribution in [0, 0.1) is 6.92 Å². The van der Waals surface area contributed by atoms with E-state index in [-0.39, 0.29) is 0 Å². The van der Waals surface area contributed by atoms with E-state index in [0.717, 1.165) is 22.4 Å². The van der Waals surface area contributed by atoms with Crippen molar-refractivity contribution in [2.24, 2.45) is 5.73 Å². The molecule has 26 heavy (non-hydrogen) atoms. The first-order chi connectivity index (χ1) is 12.6. The van der Waals surface area contributed by atoms with Crippen LogP contribution in [0.15, 0.2) is 54.6 Å². The summed E-state index contributed by atoms with van der Waals surface area (Å²) in [6, 6.07) is 18.6. The average Bonchev–Trinajstić information content (AvgIpc) is 2.64. The predicted octanol–water partition coefficient (Wildman–Crippen LogP) is 5.19. The summed E-state index contributed by atoms with van der Waals surface area (Å²) in [5.41, 5.74) is 9.62. The second-order valence-electron chi connectivity index (χ2n) is 6.84. The van der Waals surface area contributed by atoms with Gasteiger partial charge in [0.25, 0.3) is 0 Å². The molecule has 0 heterocycles. The van der Waals surface area contributed by atoms with Crippen molar-refractivity contribution in [3.63, 3.8) is 0 Å². The van der Waals surface area contributed by atoms with Gasteiger partial charge in [0.15, 0.2) is 0 Å². The molecule has 0 atom stereocenters. The molecule has 0 saturated carbocycles. The fourth-order valence-electron chi connectivity index (χ4n) is 3.36. The maximum atomic E-state index is 5.96. The Kier molecular flexibility index (Phi) is 5.79. The number of fused-ring (bicyclic) bond motifs is 1. The van der Waals surface area contributed by atoms with Crippen LogP contribution in [0.1, 0.15) is 36.5 Å². The van der Waals surface area contributed by atoms with E-state index in [1.165, 1.54) is 16.5 Å². The fraction of sp³-hybridized carbons (Fsp3) is 0.304. The third kappa shape index (κ3) is 4.00. The molecule has 0 bridgehead atoms. The summed E-state index contributed by atoms with van der Waals surface area (Å²) in [5, 5.41) is 2.32. The molecular formula is C23H27NO2. The van der Waals surface area contributed by atoms with Gasteiger partial charge >= 0.3 is 0 Å². The molecule has 0 amide bonds. The molecule has 3 heteroatoms. The summed E-state index contributed by atoms with van der Waals surface area (Å²) in [6.07, 6.45) is 0. The lowest BCUT2D eigenvalue weighted by molar-refractivity contribution is 0.216. The van der Waals surface area contributed by atoms with E-state index in [9.17, 15) is 0 Å². The van der Waals surface area contributed by atoms with Crippen molar-refractivity contribution < 1.29 is 9.47 Å². The van der Waals surface area contributed by atoms with Gasteiger partial charge in [0.2, 0.25) is 0 Å². The van der Waals surface area contributed by atoms with Crippen molar-refractivity contribution in [1.82, 2.24) is 0 Å². The third-order valence-electron chi connectivity index (χ3n) is 4.67. The molecule has 0 radical (unpaired) electrons. The molecule has 3 aromatic rings. The van der Waals surface area contributed by atoms with Gasteiger partial charge in [-0.1, -0.05) is 50.2 Å². The lowest BCUT2D eigenvalue weighted by Gasteiger charge is -2.15. The molecule has 0 aliphatic heterocycles. The lowest BCUT2D eigenvalue weighted by Crippen LogP contribution is -2.11. The van der Waals surface area contributed by atoms with E-state index in [4.69, 9.17) is 15.2 Å². The van der Waals surface area contributed by atoms with E-state index in [1.807, 2.05) is 24.3 Å². The second-order valence-corrected chi connectivity index (χ2v) is 6.84. The van der Waals surface area contributed by atoms with Gasteiger partial charge in [-0.3, -0.25) is 0 Å². The van der Waals surface area contributed by atoms with Crippen LogP contribution < -0.4 is 15.2 Å². The largest absolute Gasteiger partial charge is 0.490 e. The summed E-state index contributed by atoms with van der Waals surface area (Å²) in [4.78, 5) is 0. The zero-order chi connectivity index (χ0) is 18.5. The highest BCUT2D eigenvalue weighted by Gasteiger charge is 2.08. The topological polar surface area (TPSA) is 44.5 Å². The van der Waals surface area contributed by atoms with Gasteiger partial charge < -0.3 is 15.2 Å². The van der Waals surface area contributed by atoms with Crippen molar-refractivity contribution in [1.29, 1.82) is 0 Å². The normalized spacial score (nSPS) is 11.1. The number of hydrogen-bond acceptors (Lipinski definition) is 3. The monoisotopic (exact) mass is 349 g/mol. The highest BCUT2D eigenvalue weighted by atomic mass is 16.5. The highest BCUT2D eigenvalue weighted by molar-refractivity contribution is 5.87. The molecule has 0 aliphatic carbocycles. The second kappa shape index (κ2) is 8.24. The standard InChI is InChI=1S/C23H27NO2/c1-16(2)20-10-9-19(14-17(20)3)25-12-13-26-23-11-8-18-6-4-5-7-21(18)22(23)15-24/h4-11,14,16H,12-13,15,24H2,1-3H3. The first kappa shape index (κ1) is 18.3. The SMILES string of the molecule is Cc1cc(OCCOc2ccc3ccccc3c2CN)ccc1C(C)C. The Morgan fingerprint density at radius 1 is 0.923 bits per heavy atom. The molecule has 3 rings (SSSR count). The van der Waals surface area contributed by atoms with E-state index >= 15 is 0 Å². The van der Waals surface area contributed by atoms with Gasteiger partial charge in [-0.2, -0.15) is 0 Å². The number of nitrogens with two attached hydrogens (primary N) is 1. The van der Waals surface area contributed by atoms with Crippen molar-refractivity contribution in [2.45, 2.75) is 33.2 Å². The van der Waals surface area contributed by atoms with Gasteiger partial charge in [0.05, 0.1) is 0 Å². The Balaban J connectivity index is 1.62. The molecule has 0 unspecified atom stereocenters. The summed E-state index contributed by atoms with van der Waals surface area (Å²) in [7, 11) is 0. The Labute approximate surface area is 155 Å². The maximum absolute atomic E-state index is 5.96. The summed E-state index contributed by atoms with van der Waals surface area (Å²) >= 11 is 0. The molecule has 136 valence electrons. The van der Waals surface area contributed by atoms with Crippen LogP contribution in [-0.4, -0.2) is 13.2 Å². The van der Waals surface area contributed by atoms with E-state index in [2.05, 4.69) is 51.1 Å². The van der Waals surface area contributed by atoms with E-state index in [0.29, 0.717) is 25.7 Å². The number of rotatable bonds is 7. The van der Waals surface area contributed by atoms with E-state index in [1.54, 1.807) is 0 Å². The van der Waals surface area contributed by atoms with Crippen LogP contribution in [0.25, 0.3) is 10.8 Å². The molecular weight excluding hydrogens is 322 g/mol. The minimum Gasteiger partial charge on any atom is -0.490 e. The minimum absolute atomic E-state index is 0.452. The van der Waals surface area contributed by atoms with Crippen LogP contribution in [-0.2, 0) is 6.54 Å². The van der Waals surface area contributed by atoms with Crippen LogP contribution in [0.2, 0.25) is 0 Å². The molecule has 3 nitrogen and oxygen atoms in total. The summed E-state index contributed by atoms with van der Waals surface area (Å²) < 4.78 is 11.8. The minimum atomic E-state index is 0.452. The molecule has 0 aliphatic rings. The Hall–Kier alpha value is -2.52. The molecule has 0 saturated heterocycles. The Morgan fingerprint density at radius 3 is 2.42 bits per heavy atom. The van der Waals surface area contributed by atoms with E-state index < -0.39 is 0 Å². The zero-order valence-corrected chi connectivity index (χ0v) is 15.8. The van der Waals surface area contributed by atoms with Gasteiger partial charge in [-0.25, -0.2) is 0 Å². The number of ether oxygens (including phenoxy) is 2.